The van der Waals surface area contributed by atoms with Crippen LogP contribution >= 0.6 is 24.0 Å². The fraction of sp³-hybridized carbons (Fsp3) is 0.600. The first-order valence-corrected chi connectivity index (χ1v) is 9.58. The maximum Gasteiger partial charge on any atom is 0.251 e. The monoisotopic (exact) mass is 488 g/mol. The van der Waals surface area contributed by atoms with Crippen LogP contribution < -0.4 is 10.6 Å². The van der Waals surface area contributed by atoms with Gasteiger partial charge in [-0.05, 0) is 50.3 Å². The molecule has 0 bridgehead atoms. The number of likely N-dealkylation sites (N-methyl/N-ethyl adjacent to an activating group) is 1. The van der Waals surface area contributed by atoms with E-state index in [1.54, 1.807) is 0 Å². The number of benzene rings is 1. The van der Waals surface area contributed by atoms with Crippen molar-refractivity contribution in [3.8, 4) is 0 Å². The third-order valence-electron chi connectivity index (χ3n) is 4.28. The van der Waals surface area contributed by atoms with E-state index >= 15 is 0 Å². The zero-order chi connectivity index (χ0) is 18.8. The first kappa shape index (κ1) is 23.7. The van der Waals surface area contributed by atoms with Gasteiger partial charge in [0.1, 0.15) is 0 Å². The lowest BCUT2D eigenvalue weighted by Gasteiger charge is -2.22. The minimum atomic E-state index is -0.0400. The Morgan fingerprint density at radius 2 is 1.85 bits per heavy atom. The summed E-state index contributed by atoms with van der Waals surface area (Å²) in [4.78, 5) is 18.6. The molecule has 0 spiro atoms. The SMILES string of the molecule is CCNC(=O)c1ccc(CN=C(NCC)N(C)CCOCC2CC2)cc1.I. The number of hydrogen-bond acceptors (Lipinski definition) is 3. The highest BCUT2D eigenvalue weighted by Crippen LogP contribution is 2.28. The predicted molar refractivity (Wildman–Crippen MR) is 121 cm³/mol. The summed E-state index contributed by atoms with van der Waals surface area (Å²) >= 11 is 0. The lowest BCUT2D eigenvalue weighted by Crippen LogP contribution is -2.40. The number of carbonyl (C=O) groups excluding carboxylic acids is 1. The van der Waals surface area contributed by atoms with Gasteiger partial charge in [-0.25, -0.2) is 4.99 Å². The van der Waals surface area contributed by atoms with Gasteiger partial charge in [0.2, 0.25) is 0 Å². The Hall–Kier alpha value is -1.35. The average molecular weight is 488 g/mol. The quantitative estimate of drug-likeness (QED) is 0.230. The summed E-state index contributed by atoms with van der Waals surface area (Å²) in [6.45, 7) is 8.43. The van der Waals surface area contributed by atoms with E-state index in [0.717, 1.165) is 43.7 Å². The molecule has 0 atom stereocenters. The van der Waals surface area contributed by atoms with E-state index in [1.807, 2.05) is 38.2 Å². The molecule has 1 aromatic rings. The highest BCUT2D eigenvalue weighted by molar-refractivity contribution is 14.0. The number of hydrogen-bond donors (Lipinski definition) is 2. The third kappa shape index (κ3) is 8.92. The Bertz CT molecular complexity index is 588. The van der Waals surface area contributed by atoms with Crippen LogP contribution in [0.3, 0.4) is 0 Å². The van der Waals surface area contributed by atoms with E-state index in [9.17, 15) is 4.79 Å². The van der Waals surface area contributed by atoms with Crippen LogP contribution in [0.4, 0.5) is 0 Å². The highest BCUT2D eigenvalue weighted by atomic mass is 127. The van der Waals surface area contributed by atoms with Gasteiger partial charge in [-0.1, -0.05) is 12.1 Å². The van der Waals surface area contributed by atoms with Crippen LogP contribution in [0.2, 0.25) is 0 Å². The lowest BCUT2D eigenvalue weighted by atomic mass is 10.1. The minimum absolute atomic E-state index is 0. The van der Waals surface area contributed by atoms with E-state index in [1.165, 1.54) is 12.8 Å². The Kier molecular flexibility index (Phi) is 11.3. The number of nitrogens with one attached hydrogen (secondary N) is 2. The van der Waals surface area contributed by atoms with Gasteiger partial charge < -0.3 is 20.3 Å². The predicted octanol–water partition coefficient (Wildman–Crippen LogP) is 2.88. The number of guanidine groups is 1. The van der Waals surface area contributed by atoms with Gasteiger partial charge in [-0.2, -0.15) is 0 Å². The van der Waals surface area contributed by atoms with Crippen molar-refractivity contribution in [2.24, 2.45) is 10.9 Å². The van der Waals surface area contributed by atoms with Crippen LogP contribution in [0.1, 0.15) is 42.6 Å². The number of nitrogens with zero attached hydrogens (tertiary/aromatic N) is 2. The molecule has 1 aliphatic carbocycles. The maximum atomic E-state index is 11.8. The Labute approximate surface area is 180 Å². The second-order valence-electron chi connectivity index (χ2n) is 6.67. The standard InChI is InChI=1S/C20H32N4O2.HI/c1-4-21-19(25)18-10-8-16(9-11-18)14-23-20(22-5-2)24(3)12-13-26-15-17-6-7-17;/h8-11,17H,4-7,12-15H2,1-3H3,(H,21,25)(H,22,23);1H. The lowest BCUT2D eigenvalue weighted by molar-refractivity contribution is 0.0956. The van der Waals surface area contributed by atoms with Gasteiger partial charge in [0.15, 0.2) is 5.96 Å². The fourth-order valence-electron chi connectivity index (χ4n) is 2.50. The normalized spacial score (nSPS) is 13.7. The topological polar surface area (TPSA) is 66.0 Å². The Morgan fingerprint density at radius 1 is 1.19 bits per heavy atom. The van der Waals surface area contributed by atoms with Crippen molar-refractivity contribution in [3.63, 3.8) is 0 Å². The number of rotatable bonds is 10. The minimum Gasteiger partial charge on any atom is -0.379 e. The van der Waals surface area contributed by atoms with Crippen LogP contribution in [0.5, 0.6) is 0 Å². The van der Waals surface area contributed by atoms with Crippen LogP contribution in [-0.2, 0) is 11.3 Å². The fourth-order valence-corrected chi connectivity index (χ4v) is 2.50. The number of carbonyl (C=O) groups is 1. The summed E-state index contributed by atoms with van der Waals surface area (Å²) in [6.07, 6.45) is 2.64. The van der Waals surface area contributed by atoms with Crippen molar-refractivity contribution >= 4 is 35.8 Å². The first-order valence-electron chi connectivity index (χ1n) is 9.58. The van der Waals surface area contributed by atoms with Crippen LogP contribution in [0.15, 0.2) is 29.3 Å². The van der Waals surface area contributed by atoms with Gasteiger partial charge in [0, 0.05) is 38.9 Å². The zero-order valence-electron chi connectivity index (χ0n) is 16.7. The molecule has 6 nitrogen and oxygen atoms in total. The molecule has 0 radical (unpaired) electrons. The van der Waals surface area contributed by atoms with Gasteiger partial charge >= 0.3 is 0 Å². The summed E-state index contributed by atoms with van der Waals surface area (Å²) < 4.78 is 5.71. The van der Waals surface area contributed by atoms with Crippen LogP contribution in [0, 0.1) is 5.92 Å². The van der Waals surface area contributed by atoms with Crippen molar-refractivity contribution in [2.45, 2.75) is 33.2 Å². The van der Waals surface area contributed by atoms with Crippen molar-refractivity contribution in [2.75, 3.05) is 39.9 Å². The summed E-state index contributed by atoms with van der Waals surface area (Å²) in [7, 11) is 2.03. The molecule has 0 aromatic heterocycles. The van der Waals surface area contributed by atoms with Gasteiger partial charge in [0.05, 0.1) is 13.2 Å². The number of aliphatic imine (C=N–C) groups is 1. The molecule has 2 rings (SSSR count). The molecule has 1 aromatic carbocycles. The van der Waals surface area contributed by atoms with Gasteiger partial charge in [-0.15, -0.1) is 24.0 Å². The number of amides is 1. The molecule has 1 fully saturated rings. The van der Waals surface area contributed by atoms with Crippen LogP contribution in [-0.4, -0.2) is 56.7 Å². The van der Waals surface area contributed by atoms with Crippen LogP contribution in [0.25, 0.3) is 0 Å². The molecular formula is C20H33IN4O2. The molecule has 1 saturated carbocycles. The van der Waals surface area contributed by atoms with Gasteiger partial charge in [0.25, 0.3) is 5.91 Å². The van der Waals surface area contributed by atoms with E-state index in [0.29, 0.717) is 18.7 Å². The molecule has 1 aliphatic rings. The summed E-state index contributed by atoms with van der Waals surface area (Å²) in [6, 6.07) is 7.60. The molecule has 0 unspecified atom stereocenters. The van der Waals surface area contributed by atoms with E-state index < -0.39 is 0 Å². The summed E-state index contributed by atoms with van der Waals surface area (Å²) in [5.41, 5.74) is 1.75. The smallest absolute Gasteiger partial charge is 0.251 e. The molecule has 0 heterocycles. The molecular weight excluding hydrogens is 455 g/mol. The molecule has 27 heavy (non-hydrogen) atoms. The van der Waals surface area contributed by atoms with Gasteiger partial charge in [-0.3, -0.25) is 4.79 Å². The third-order valence-corrected chi connectivity index (χ3v) is 4.28. The van der Waals surface area contributed by atoms with E-state index in [-0.39, 0.29) is 29.9 Å². The highest BCUT2D eigenvalue weighted by Gasteiger charge is 2.21. The first-order chi connectivity index (χ1) is 12.6. The van der Waals surface area contributed by atoms with Crippen molar-refractivity contribution in [3.05, 3.63) is 35.4 Å². The maximum absolute atomic E-state index is 11.8. The molecule has 1 amide bonds. The summed E-state index contributed by atoms with van der Waals surface area (Å²) in [5.74, 6) is 1.63. The van der Waals surface area contributed by atoms with E-state index in [2.05, 4.69) is 22.5 Å². The zero-order valence-corrected chi connectivity index (χ0v) is 19.0. The van der Waals surface area contributed by atoms with Crippen molar-refractivity contribution in [1.82, 2.24) is 15.5 Å². The molecule has 152 valence electrons. The molecule has 0 aliphatic heterocycles. The van der Waals surface area contributed by atoms with Crippen molar-refractivity contribution in [1.29, 1.82) is 0 Å². The Balaban J connectivity index is 0.00000364. The van der Waals surface area contributed by atoms with Crippen molar-refractivity contribution < 1.29 is 9.53 Å². The molecule has 7 heteroatoms. The average Bonchev–Trinajstić information content (AvgIpc) is 3.47. The second-order valence-corrected chi connectivity index (χ2v) is 6.67. The van der Waals surface area contributed by atoms with E-state index in [4.69, 9.17) is 9.73 Å². The largest absolute Gasteiger partial charge is 0.379 e. The molecule has 0 saturated heterocycles. The number of halogens is 1. The number of ether oxygens (including phenoxy) is 1. The second kappa shape index (κ2) is 12.9. The molecule has 2 N–H and O–H groups in total. The Morgan fingerprint density at radius 3 is 2.44 bits per heavy atom. The summed E-state index contributed by atoms with van der Waals surface area (Å²) in [5, 5.41) is 6.12.